The molecular weight excluding hydrogens is 330 g/mol. The van der Waals surface area contributed by atoms with Gasteiger partial charge in [-0.3, -0.25) is 0 Å². The van der Waals surface area contributed by atoms with Crippen molar-refractivity contribution in [2.75, 3.05) is 7.11 Å². The lowest BCUT2D eigenvalue weighted by molar-refractivity contribution is 0.302. The van der Waals surface area contributed by atoms with Gasteiger partial charge in [0.2, 0.25) is 0 Å². The topological polar surface area (TPSA) is 44.5 Å². The molecule has 0 radical (unpaired) electrons. The van der Waals surface area contributed by atoms with E-state index in [-0.39, 0.29) is 6.04 Å². The number of halogens is 1. The first-order chi connectivity index (χ1) is 10.0. The Morgan fingerprint density at radius 1 is 1.19 bits per heavy atom. The van der Waals surface area contributed by atoms with E-state index in [0.29, 0.717) is 6.61 Å². The summed E-state index contributed by atoms with van der Waals surface area (Å²) in [5.74, 6) is 1.69. The van der Waals surface area contributed by atoms with Crippen molar-refractivity contribution in [2.24, 2.45) is 5.73 Å². The van der Waals surface area contributed by atoms with Gasteiger partial charge in [0.1, 0.15) is 18.1 Å². The van der Waals surface area contributed by atoms with Crippen LogP contribution in [0.15, 0.2) is 40.9 Å². The minimum atomic E-state index is 0.0327. The molecule has 0 aliphatic carbocycles. The van der Waals surface area contributed by atoms with Gasteiger partial charge in [0.05, 0.1) is 7.11 Å². The van der Waals surface area contributed by atoms with Crippen molar-refractivity contribution in [1.29, 1.82) is 0 Å². The highest BCUT2D eigenvalue weighted by molar-refractivity contribution is 9.10. The van der Waals surface area contributed by atoms with Crippen LogP contribution in [0.25, 0.3) is 0 Å². The van der Waals surface area contributed by atoms with Crippen molar-refractivity contribution in [1.82, 2.24) is 0 Å². The molecule has 2 rings (SSSR count). The summed E-state index contributed by atoms with van der Waals surface area (Å²) in [6.07, 6.45) is 0. The maximum absolute atomic E-state index is 5.91. The molecule has 21 heavy (non-hydrogen) atoms. The van der Waals surface area contributed by atoms with Gasteiger partial charge in [0.15, 0.2) is 0 Å². The number of hydrogen-bond acceptors (Lipinski definition) is 3. The van der Waals surface area contributed by atoms with Gasteiger partial charge in [0.25, 0.3) is 0 Å². The molecule has 0 bridgehead atoms. The van der Waals surface area contributed by atoms with Gasteiger partial charge in [-0.2, -0.15) is 0 Å². The molecule has 3 nitrogen and oxygen atoms in total. The average Bonchev–Trinajstić information content (AvgIpc) is 2.47. The fraction of sp³-hybridized carbons (Fsp3) is 0.294. The quantitative estimate of drug-likeness (QED) is 0.871. The number of hydrogen-bond donors (Lipinski definition) is 1. The van der Waals surface area contributed by atoms with Crippen LogP contribution in [0.4, 0.5) is 0 Å². The molecule has 0 fully saturated rings. The predicted octanol–water partition coefficient (Wildman–Crippen LogP) is 4.36. The van der Waals surface area contributed by atoms with Crippen molar-refractivity contribution >= 4 is 15.9 Å². The summed E-state index contributed by atoms with van der Waals surface area (Å²) in [5, 5.41) is 0. The zero-order valence-corrected chi connectivity index (χ0v) is 14.1. The number of ether oxygens (including phenoxy) is 2. The standard InChI is InChI=1S/C17H20BrNO2/c1-11-8-13(12(2)19)4-7-17(11)21-10-14-9-15(20-3)5-6-16(14)18/h4-9,12H,10,19H2,1-3H3/t12-/m1/s1. The minimum Gasteiger partial charge on any atom is -0.497 e. The van der Waals surface area contributed by atoms with Crippen LogP contribution in [0.1, 0.15) is 29.7 Å². The number of benzene rings is 2. The first-order valence-electron chi connectivity index (χ1n) is 6.82. The van der Waals surface area contributed by atoms with Crippen LogP contribution in [0.5, 0.6) is 11.5 Å². The zero-order chi connectivity index (χ0) is 15.4. The molecular formula is C17H20BrNO2. The molecule has 2 aromatic rings. The molecule has 112 valence electrons. The Morgan fingerprint density at radius 3 is 2.57 bits per heavy atom. The van der Waals surface area contributed by atoms with Crippen LogP contribution in [0.3, 0.4) is 0 Å². The molecule has 1 atom stereocenters. The van der Waals surface area contributed by atoms with E-state index in [4.69, 9.17) is 15.2 Å². The molecule has 2 N–H and O–H groups in total. The second-order valence-corrected chi connectivity index (χ2v) is 5.91. The first-order valence-corrected chi connectivity index (χ1v) is 7.62. The summed E-state index contributed by atoms with van der Waals surface area (Å²) in [4.78, 5) is 0. The maximum atomic E-state index is 5.91. The van der Waals surface area contributed by atoms with Crippen molar-refractivity contribution in [3.05, 3.63) is 57.6 Å². The summed E-state index contributed by atoms with van der Waals surface area (Å²) in [7, 11) is 1.66. The summed E-state index contributed by atoms with van der Waals surface area (Å²) in [6.45, 7) is 4.49. The highest BCUT2D eigenvalue weighted by Crippen LogP contribution is 2.26. The number of nitrogens with two attached hydrogens (primary N) is 1. The van der Waals surface area contributed by atoms with E-state index < -0.39 is 0 Å². The van der Waals surface area contributed by atoms with E-state index in [1.54, 1.807) is 7.11 Å². The average molecular weight is 350 g/mol. The van der Waals surface area contributed by atoms with E-state index in [1.165, 1.54) is 0 Å². The summed E-state index contributed by atoms with van der Waals surface area (Å²) >= 11 is 3.53. The van der Waals surface area contributed by atoms with E-state index in [2.05, 4.69) is 22.0 Å². The van der Waals surface area contributed by atoms with Crippen LogP contribution < -0.4 is 15.2 Å². The van der Waals surface area contributed by atoms with E-state index in [1.807, 2.05) is 44.2 Å². The van der Waals surface area contributed by atoms with Crippen LogP contribution in [-0.4, -0.2) is 7.11 Å². The van der Waals surface area contributed by atoms with Crippen LogP contribution in [0, 0.1) is 6.92 Å². The van der Waals surface area contributed by atoms with E-state index in [0.717, 1.165) is 32.7 Å². The molecule has 0 heterocycles. The third-order valence-electron chi connectivity index (χ3n) is 3.36. The summed E-state index contributed by atoms with van der Waals surface area (Å²) < 4.78 is 12.2. The van der Waals surface area contributed by atoms with Gasteiger partial charge in [-0.25, -0.2) is 0 Å². The zero-order valence-electron chi connectivity index (χ0n) is 12.5. The predicted molar refractivity (Wildman–Crippen MR) is 88.8 cm³/mol. The fourth-order valence-electron chi connectivity index (χ4n) is 2.06. The van der Waals surface area contributed by atoms with Crippen molar-refractivity contribution in [3.63, 3.8) is 0 Å². The van der Waals surface area contributed by atoms with Gasteiger partial charge in [-0.15, -0.1) is 0 Å². The van der Waals surface area contributed by atoms with Crippen LogP contribution in [-0.2, 0) is 6.61 Å². The molecule has 2 aromatic carbocycles. The lowest BCUT2D eigenvalue weighted by Gasteiger charge is -2.13. The van der Waals surface area contributed by atoms with E-state index >= 15 is 0 Å². The lowest BCUT2D eigenvalue weighted by Crippen LogP contribution is -2.05. The molecule has 0 amide bonds. The number of aryl methyl sites for hydroxylation is 1. The van der Waals surface area contributed by atoms with Crippen LogP contribution in [0.2, 0.25) is 0 Å². The highest BCUT2D eigenvalue weighted by atomic mass is 79.9. The normalized spacial score (nSPS) is 12.0. The number of methoxy groups -OCH3 is 1. The Hall–Kier alpha value is -1.52. The second kappa shape index (κ2) is 6.96. The molecule has 0 unspecified atom stereocenters. The maximum Gasteiger partial charge on any atom is 0.122 e. The first kappa shape index (κ1) is 15.9. The van der Waals surface area contributed by atoms with E-state index in [9.17, 15) is 0 Å². The molecule has 0 aliphatic heterocycles. The molecule has 0 saturated heterocycles. The Morgan fingerprint density at radius 2 is 1.95 bits per heavy atom. The Bertz CT molecular complexity index is 626. The summed E-state index contributed by atoms with van der Waals surface area (Å²) in [5.41, 5.74) is 9.14. The largest absolute Gasteiger partial charge is 0.497 e. The second-order valence-electron chi connectivity index (χ2n) is 5.06. The van der Waals surface area contributed by atoms with Crippen molar-refractivity contribution < 1.29 is 9.47 Å². The minimum absolute atomic E-state index is 0.0327. The molecule has 0 saturated carbocycles. The third kappa shape index (κ3) is 3.99. The monoisotopic (exact) mass is 349 g/mol. The van der Waals surface area contributed by atoms with Crippen LogP contribution >= 0.6 is 15.9 Å². The van der Waals surface area contributed by atoms with Gasteiger partial charge in [0, 0.05) is 16.1 Å². The molecule has 0 aliphatic rings. The van der Waals surface area contributed by atoms with Crippen molar-refractivity contribution in [3.8, 4) is 11.5 Å². The fourth-order valence-corrected chi connectivity index (χ4v) is 2.42. The molecule has 4 heteroatoms. The molecule has 0 spiro atoms. The lowest BCUT2D eigenvalue weighted by atomic mass is 10.1. The smallest absolute Gasteiger partial charge is 0.122 e. The Balaban J connectivity index is 2.13. The SMILES string of the molecule is COc1ccc(Br)c(COc2ccc([C@@H](C)N)cc2C)c1. The van der Waals surface area contributed by atoms with Gasteiger partial charge in [-0.05, 0) is 49.2 Å². The Labute approximate surface area is 134 Å². The summed E-state index contributed by atoms with van der Waals surface area (Å²) in [6, 6.07) is 11.9. The van der Waals surface area contributed by atoms with Gasteiger partial charge in [-0.1, -0.05) is 28.1 Å². The van der Waals surface area contributed by atoms with Crippen molar-refractivity contribution in [2.45, 2.75) is 26.5 Å². The molecule has 0 aromatic heterocycles. The Kier molecular flexibility index (Phi) is 5.26. The third-order valence-corrected chi connectivity index (χ3v) is 4.13. The van der Waals surface area contributed by atoms with Gasteiger partial charge >= 0.3 is 0 Å². The van der Waals surface area contributed by atoms with Gasteiger partial charge < -0.3 is 15.2 Å². The highest BCUT2D eigenvalue weighted by Gasteiger charge is 2.07. The number of rotatable bonds is 5.